The van der Waals surface area contributed by atoms with Crippen LogP contribution in [0.5, 0.6) is 0 Å². The average molecular weight is 234 g/mol. The van der Waals surface area contributed by atoms with Crippen LogP contribution in [0.1, 0.15) is 25.3 Å². The van der Waals surface area contributed by atoms with Crippen molar-refractivity contribution in [2.75, 3.05) is 13.2 Å². The molecule has 0 spiro atoms. The summed E-state index contributed by atoms with van der Waals surface area (Å²) in [5.41, 5.74) is 1.19. The summed E-state index contributed by atoms with van der Waals surface area (Å²) in [6, 6.07) is 3.91. The first-order chi connectivity index (χ1) is 8.31. The summed E-state index contributed by atoms with van der Waals surface area (Å²) < 4.78 is 5.10. The van der Waals surface area contributed by atoms with E-state index >= 15 is 0 Å². The van der Waals surface area contributed by atoms with Gasteiger partial charge in [0.1, 0.15) is 6.04 Å². The first-order valence-electron chi connectivity index (χ1n) is 6.11. The smallest absolute Gasteiger partial charge is 0.323 e. The number of carbonyl (C=O) groups excluding carboxylic acids is 1. The van der Waals surface area contributed by atoms with E-state index in [1.165, 1.54) is 5.56 Å². The van der Waals surface area contributed by atoms with E-state index in [2.05, 4.69) is 9.88 Å². The number of ether oxygens (including phenoxy) is 1. The molecule has 0 aliphatic carbocycles. The molecule has 0 radical (unpaired) electrons. The average Bonchev–Trinajstić information content (AvgIpc) is 2.79. The van der Waals surface area contributed by atoms with E-state index < -0.39 is 0 Å². The molecule has 0 N–H and O–H groups in total. The molecule has 4 heteroatoms. The third-order valence-corrected chi connectivity index (χ3v) is 3.06. The van der Waals surface area contributed by atoms with Crippen molar-refractivity contribution in [3.8, 4) is 0 Å². The Morgan fingerprint density at radius 3 is 3.00 bits per heavy atom. The van der Waals surface area contributed by atoms with E-state index in [0.29, 0.717) is 6.61 Å². The van der Waals surface area contributed by atoms with Crippen LogP contribution in [-0.2, 0) is 16.1 Å². The van der Waals surface area contributed by atoms with Crippen LogP contribution >= 0.6 is 0 Å². The lowest BCUT2D eigenvalue weighted by molar-refractivity contribution is -0.148. The van der Waals surface area contributed by atoms with Crippen LogP contribution in [-0.4, -0.2) is 35.0 Å². The fourth-order valence-electron chi connectivity index (χ4n) is 2.24. The Labute approximate surface area is 102 Å². The maximum Gasteiger partial charge on any atom is 0.323 e. The number of carbonyl (C=O) groups is 1. The second kappa shape index (κ2) is 5.77. The van der Waals surface area contributed by atoms with Crippen molar-refractivity contribution in [2.45, 2.75) is 32.4 Å². The molecule has 0 saturated carbocycles. The van der Waals surface area contributed by atoms with Crippen LogP contribution in [0, 0.1) is 0 Å². The first-order valence-corrected chi connectivity index (χ1v) is 6.11. The number of hydrogen-bond acceptors (Lipinski definition) is 4. The van der Waals surface area contributed by atoms with Crippen LogP contribution in [0.4, 0.5) is 0 Å². The van der Waals surface area contributed by atoms with E-state index in [9.17, 15) is 4.79 Å². The van der Waals surface area contributed by atoms with Crippen LogP contribution in [0.25, 0.3) is 0 Å². The fourth-order valence-corrected chi connectivity index (χ4v) is 2.24. The highest BCUT2D eigenvalue weighted by molar-refractivity contribution is 5.76. The van der Waals surface area contributed by atoms with E-state index in [-0.39, 0.29) is 12.0 Å². The van der Waals surface area contributed by atoms with Gasteiger partial charge >= 0.3 is 5.97 Å². The van der Waals surface area contributed by atoms with Gasteiger partial charge in [0.2, 0.25) is 0 Å². The van der Waals surface area contributed by atoms with Gasteiger partial charge in [-0.25, -0.2) is 0 Å². The van der Waals surface area contributed by atoms with Gasteiger partial charge in [0, 0.05) is 18.9 Å². The van der Waals surface area contributed by atoms with Gasteiger partial charge in [-0.2, -0.15) is 0 Å². The second-order valence-electron chi connectivity index (χ2n) is 4.24. The molecule has 2 rings (SSSR count). The highest BCUT2D eigenvalue weighted by atomic mass is 16.5. The maximum absolute atomic E-state index is 11.8. The van der Waals surface area contributed by atoms with Gasteiger partial charge in [0.15, 0.2) is 0 Å². The molecule has 0 bridgehead atoms. The number of aromatic nitrogens is 1. The normalized spacial score (nSPS) is 20.4. The Hall–Kier alpha value is -1.42. The molecular formula is C13H18N2O2. The molecule has 1 unspecified atom stereocenters. The molecule has 1 aliphatic heterocycles. The summed E-state index contributed by atoms with van der Waals surface area (Å²) in [4.78, 5) is 18.0. The van der Waals surface area contributed by atoms with Gasteiger partial charge in [-0.3, -0.25) is 14.7 Å². The third-order valence-electron chi connectivity index (χ3n) is 3.06. The largest absolute Gasteiger partial charge is 0.465 e. The summed E-state index contributed by atoms with van der Waals surface area (Å²) in [5, 5.41) is 0. The standard InChI is InChI=1S/C13H18N2O2/c1-2-17-13(16)12-4-3-9-15(12)10-11-5-7-14-8-6-11/h5-8,12H,2-4,9-10H2,1H3. The Morgan fingerprint density at radius 2 is 2.29 bits per heavy atom. The SMILES string of the molecule is CCOC(=O)C1CCCN1Cc1ccncc1. The zero-order valence-electron chi connectivity index (χ0n) is 10.1. The highest BCUT2D eigenvalue weighted by Gasteiger charge is 2.31. The Balaban J connectivity index is 1.98. The second-order valence-corrected chi connectivity index (χ2v) is 4.24. The molecule has 17 heavy (non-hydrogen) atoms. The molecule has 0 amide bonds. The number of esters is 1. The number of rotatable bonds is 4. The molecule has 1 saturated heterocycles. The van der Waals surface area contributed by atoms with Gasteiger partial charge in [0.25, 0.3) is 0 Å². The van der Waals surface area contributed by atoms with Crippen molar-refractivity contribution in [1.82, 2.24) is 9.88 Å². The molecule has 4 nitrogen and oxygen atoms in total. The predicted octanol–water partition coefficient (Wildman–Crippen LogP) is 1.61. The van der Waals surface area contributed by atoms with Gasteiger partial charge < -0.3 is 4.74 Å². The first kappa shape index (κ1) is 12.0. The van der Waals surface area contributed by atoms with Crippen molar-refractivity contribution >= 4 is 5.97 Å². The Bertz CT molecular complexity index is 367. The van der Waals surface area contributed by atoms with E-state index in [4.69, 9.17) is 4.74 Å². The highest BCUT2D eigenvalue weighted by Crippen LogP contribution is 2.20. The number of nitrogens with zero attached hydrogens (tertiary/aromatic N) is 2. The Kier molecular flexibility index (Phi) is 4.09. The maximum atomic E-state index is 11.8. The molecule has 1 fully saturated rings. The van der Waals surface area contributed by atoms with Crippen LogP contribution in [0.3, 0.4) is 0 Å². The summed E-state index contributed by atoms with van der Waals surface area (Å²) in [6.45, 7) is 4.07. The van der Waals surface area contributed by atoms with E-state index in [1.807, 2.05) is 19.1 Å². The van der Waals surface area contributed by atoms with Crippen LogP contribution in [0.15, 0.2) is 24.5 Å². The lowest BCUT2D eigenvalue weighted by Gasteiger charge is -2.22. The minimum Gasteiger partial charge on any atom is -0.465 e. The molecule has 1 atom stereocenters. The molecule has 1 aromatic heterocycles. The number of pyridine rings is 1. The van der Waals surface area contributed by atoms with Crippen molar-refractivity contribution in [3.63, 3.8) is 0 Å². The third kappa shape index (κ3) is 3.03. The molecule has 1 aromatic rings. The number of likely N-dealkylation sites (tertiary alicyclic amines) is 1. The summed E-state index contributed by atoms with van der Waals surface area (Å²) in [5.74, 6) is -0.0842. The summed E-state index contributed by atoms with van der Waals surface area (Å²) in [7, 11) is 0. The summed E-state index contributed by atoms with van der Waals surface area (Å²) >= 11 is 0. The molecule has 92 valence electrons. The molecular weight excluding hydrogens is 216 g/mol. The Morgan fingerprint density at radius 1 is 1.53 bits per heavy atom. The molecule has 0 aromatic carbocycles. The molecule has 2 heterocycles. The van der Waals surface area contributed by atoms with E-state index in [0.717, 1.165) is 25.9 Å². The van der Waals surface area contributed by atoms with Crippen molar-refractivity contribution < 1.29 is 9.53 Å². The minimum atomic E-state index is -0.0842. The van der Waals surface area contributed by atoms with Gasteiger partial charge in [-0.05, 0) is 44.0 Å². The minimum absolute atomic E-state index is 0.0666. The quantitative estimate of drug-likeness (QED) is 0.742. The van der Waals surface area contributed by atoms with Gasteiger partial charge in [-0.15, -0.1) is 0 Å². The van der Waals surface area contributed by atoms with Crippen LogP contribution < -0.4 is 0 Å². The van der Waals surface area contributed by atoms with Crippen LogP contribution in [0.2, 0.25) is 0 Å². The predicted molar refractivity (Wildman–Crippen MR) is 64.3 cm³/mol. The van der Waals surface area contributed by atoms with Crippen molar-refractivity contribution in [3.05, 3.63) is 30.1 Å². The van der Waals surface area contributed by atoms with E-state index in [1.54, 1.807) is 12.4 Å². The number of hydrogen-bond donors (Lipinski definition) is 0. The summed E-state index contributed by atoms with van der Waals surface area (Å²) in [6.07, 6.45) is 5.54. The van der Waals surface area contributed by atoms with Gasteiger partial charge in [-0.1, -0.05) is 0 Å². The van der Waals surface area contributed by atoms with Crippen molar-refractivity contribution in [2.24, 2.45) is 0 Å². The molecule has 1 aliphatic rings. The van der Waals surface area contributed by atoms with Crippen molar-refractivity contribution in [1.29, 1.82) is 0 Å². The zero-order valence-corrected chi connectivity index (χ0v) is 10.1. The topological polar surface area (TPSA) is 42.4 Å². The lowest BCUT2D eigenvalue weighted by atomic mass is 10.2. The fraction of sp³-hybridized carbons (Fsp3) is 0.538. The zero-order chi connectivity index (χ0) is 12.1. The lowest BCUT2D eigenvalue weighted by Crippen LogP contribution is -2.36. The monoisotopic (exact) mass is 234 g/mol. The van der Waals surface area contributed by atoms with Gasteiger partial charge in [0.05, 0.1) is 6.61 Å².